The number of carbonyl (C=O) groups excluding carboxylic acids is 1. The van der Waals surface area contributed by atoms with Gasteiger partial charge in [-0.25, -0.2) is 4.79 Å². The first kappa shape index (κ1) is 16.9. The molecule has 0 heterocycles. The molecule has 1 unspecified atom stereocenters. The number of hydrogen-bond donors (Lipinski definition) is 4. The predicted octanol–water partition coefficient (Wildman–Crippen LogP) is 2.32. The molecule has 1 aliphatic carbocycles. The first-order valence-corrected chi connectivity index (χ1v) is 7.58. The Kier molecular flexibility index (Phi) is 5.31. The number of phenolic OH excluding ortho intramolecular Hbond substituents is 2. The Morgan fingerprint density at radius 1 is 1.22 bits per heavy atom. The fraction of sp³-hybridized carbons (Fsp3) is 0.500. The Morgan fingerprint density at radius 2 is 1.87 bits per heavy atom. The van der Waals surface area contributed by atoms with Crippen molar-refractivity contribution < 1.29 is 29.6 Å². The standard InChI is InChI=1S/C16H21NO6/c1-9(15(20)21)17-16(22)23-12-5-2-10(3-6-12)13-7-4-11(18)8-14(13)19/h4,7-10,12,18-19H,2-3,5-6H2,1H3,(H,17,22)(H,20,21). The average molecular weight is 323 g/mol. The van der Waals surface area contributed by atoms with Gasteiger partial charge in [-0.05, 0) is 50.2 Å². The summed E-state index contributed by atoms with van der Waals surface area (Å²) >= 11 is 0. The van der Waals surface area contributed by atoms with Gasteiger partial charge in [0.1, 0.15) is 23.6 Å². The van der Waals surface area contributed by atoms with Crippen molar-refractivity contribution >= 4 is 12.1 Å². The first-order chi connectivity index (χ1) is 10.9. The minimum Gasteiger partial charge on any atom is -0.508 e. The van der Waals surface area contributed by atoms with Gasteiger partial charge in [-0.3, -0.25) is 4.79 Å². The third-order valence-electron chi connectivity index (χ3n) is 4.11. The summed E-state index contributed by atoms with van der Waals surface area (Å²) in [6, 6.07) is 3.57. The number of rotatable bonds is 4. The second kappa shape index (κ2) is 7.21. The number of benzene rings is 1. The molecule has 1 aromatic rings. The van der Waals surface area contributed by atoms with Crippen LogP contribution in [0.4, 0.5) is 4.79 Å². The maximum atomic E-state index is 11.6. The lowest BCUT2D eigenvalue weighted by Gasteiger charge is -2.29. The number of carboxylic acid groups (broad SMARTS) is 1. The van der Waals surface area contributed by atoms with E-state index in [1.54, 1.807) is 12.1 Å². The molecule has 1 aliphatic rings. The molecule has 1 amide bonds. The second-order valence-electron chi connectivity index (χ2n) is 5.83. The Labute approximate surface area is 133 Å². The van der Waals surface area contributed by atoms with Crippen molar-refractivity contribution in [2.45, 2.75) is 50.7 Å². The smallest absolute Gasteiger partial charge is 0.408 e. The summed E-state index contributed by atoms with van der Waals surface area (Å²) in [5, 5.41) is 30.2. The molecule has 1 saturated carbocycles. The number of ether oxygens (including phenoxy) is 1. The molecule has 126 valence electrons. The number of carboxylic acids is 1. The summed E-state index contributed by atoms with van der Waals surface area (Å²) in [5.74, 6) is -0.875. The average Bonchev–Trinajstić information content (AvgIpc) is 2.48. The Hall–Kier alpha value is -2.44. The lowest BCUT2D eigenvalue weighted by Crippen LogP contribution is -2.40. The van der Waals surface area contributed by atoms with E-state index in [1.165, 1.54) is 13.0 Å². The van der Waals surface area contributed by atoms with Crippen LogP contribution in [0.15, 0.2) is 18.2 Å². The molecule has 0 aliphatic heterocycles. The largest absolute Gasteiger partial charge is 0.508 e. The molecule has 0 radical (unpaired) electrons. The van der Waals surface area contributed by atoms with Crippen molar-refractivity contribution in [3.05, 3.63) is 23.8 Å². The Bertz CT molecular complexity index is 580. The third-order valence-corrected chi connectivity index (χ3v) is 4.11. The maximum absolute atomic E-state index is 11.6. The number of nitrogens with one attached hydrogen (secondary N) is 1. The van der Waals surface area contributed by atoms with Crippen LogP contribution in [0, 0.1) is 0 Å². The summed E-state index contributed by atoms with van der Waals surface area (Å²) in [5.41, 5.74) is 0.783. The molecule has 0 bridgehead atoms. The van der Waals surface area contributed by atoms with E-state index in [0.717, 1.165) is 18.4 Å². The van der Waals surface area contributed by atoms with Crippen LogP contribution in [0.3, 0.4) is 0 Å². The number of phenols is 2. The number of aliphatic carboxylic acids is 1. The highest BCUT2D eigenvalue weighted by Crippen LogP contribution is 2.39. The summed E-state index contributed by atoms with van der Waals surface area (Å²) in [4.78, 5) is 22.3. The molecule has 0 saturated heterocycles. The van der Waals surface area contributed by atoms with E-state index in [-0.39, 0.29) is 23.5 Å². The first-order valence-electron chi connectivity index (χ1n) is 7.58. The van der Waals surface area contributed by atoms with Crippen LogP contribution in [0.5, 0.6) is 11.5 Å². The Morgan fingerprint density at radius 3 is 2.43 bits per heavy atom. The van der Waals surface area contributed by atoms with Crippen molar-refractivity contribution in [3.63, 3.8) is 0 Å². The molecule has 7 heteroatoms. The van der Waals surface area contributed by atoms with E-state index in [2.05, 4.69) is 5.32 Å². The maximum Gasteiger partial charge on any atom is 0.408 e. The van der Waals surface area contributed by atoms with E-state index in [9.17, 15) is 19.8 Å². The molecule has 7 nitrogen and oxygen atoms in total. The van der Waals surface area contributed by atoms with E-state index in [1.807, 2.05) is 0 Å². The van der Waals surface area contributed by atoms with Gasteiger partial charge in [-0.2, -0.15) is 0 Å². The van der Waals surface area contributed by atoms with Gasteiger partial charge in [0.2, 0.25) is 0 Å². The Balaban J connectivity index is 1.84. The van der Waals surface area contributed by atoms with Crippen LogP contribution in [0.2, 0.25) is 0 Å². The van der Waals surface area contributed by atoms with E-state index in [0.29, 0.717) is 12.8 Å². The molecule has 2 rings (SSSR count). The highest BCUT2D eigenvalue weighted by molar-refractivity contribution is 5.79. The van der Waals surface area contributed by atoms with Crippen LogP contribution in [-0.4, -0.2) is 39.5 Å². The van der Waals surface area contributed by atoms with E-state index >= 15 is 0 Å². The van der Waals surface area contributed by atoms with Gasteiger partial charge in [0, 0.05) is 6.07 Å². The van der Waals surface area contributed by atoms with Crippen LogP contribution in [0.25, 0.3) is 0 Å². The molecular formula is C16H21NO6. The molecule has 0 aromatic heterocycles. The van der Waals surface area contributed by atoms with Crippen molar-refractivity contribution in [3.8, 4) is 11.5 Å². The fourth-order valence-corrected chi connectivity index (χ4v) is 2.79. The molecule has 0 spiro atoms. The molecule has 23 heavy (non-hydrogen) atoms. The highest BCUT2D eigenvalue weighted by Gasteiger charge is 2.27. The van der Waals surface area contributed by atoms with E-state index in [4.69, 9.17) is 9.84 Å². The lowest BCUT2D eigenvalue weighted by atomic mass is 9.82. The third kappa shape index (κ3) is 4.51. The number of alkyl carbamates (subject to hydrolysis) is 1. The van der Waals surface area contributed by atoms with Gasteiger partial charge in [-0.1, -0.05) is 6.07 Å². The van der Waals surface area contributed by atoms with Gasteiger partial charge in [-0.15, -0.1) is 0 Å². The number of amides is 1. The molecule has 1 aromatic carbocycles. The number of aromatic hydroxyl groups is 2. The van der Waals surface area contributed by atoms with Crippen LogP contribution < -0.4 is 5.32 Å². The van der Waals surface area contributed by atoms with Crippen molar-refractivity contribution in [1.82, 2.24) is 5.32 Å². The van der Waals surface area contributed by atoms with Gasteiger partial charge >= 0.3 is 12.1 Å². The number of carbonyl (C=O) groups is 2. The summed E-state index contributed by atoms with van der Waals surface area (Å²) < 4.78 is 5.23. The van der Waals surface area contributed by atoms with Crippen molar-refractivity contribution in [2.75, 3.05) is 0 Å². The van der Waals surface area contributed by atoms with Gasteiger partial charge in [0.25, 0.3) is 0 Å². The minimum absolute atomic E-state index is 0.0208. The minimum atomic E-state index is -1.12. The lowest BCUT2D eigenvalue weighted by molar-refractivity contribution is -0.138. The van der Waals surface area contributed by atoms with Gasteiger partial charge in [0.05, 0.1) is 0 Å². The van der Waals surface area contributed by atoms with Gasteiger partial charge in [0.15, 0.2) is 0 Å². The summed E-state index contributed by atoms with van der Waals surface area (Å²) in [6.45, 7) is 1.37. The molecular weight excluding hydrogens is 302 g/mol. The van der Waals surface area contributed by atoms with Crippen LogP contribution in [0.1, 0.15) is 44.1 Å². The van der Waals surface area contributed by atoms with Crippen LogP contribution in [-0.2, 0) is 9.53 Å². The quantitative estimate of drug-likeness (QED) is 0.676. The summed E-state index contributed by atoms with van der Waals surface area (Å²) in [6.07, 6.45) is 1.78. The molecule has 4 N–H and O–H groups in total. The van der Waals surface area contributed by atoms with Crippen molar-refractivity contribution in [1.29, 1.82) is 0 Å². The van der Waals surface area contributed by atoms with Gasteiger partial charge < -0.3 is 25.4 Å². The highest BCUT2D eigenvalue weighted by atomic mass is 16.6. The SMILES string of the molecule is CC(NC(=O)OC1CCC(c2ccc(O)cc2O)CC1)C(=O)O. The predicted molar refractivity (Wildman–Crippen MR) is 81.5 cm³/mol. The fourth-order valence-electron chi connectivity index (χ4n) is 2.79. The van der Waals surface area contributed by atoms with Crippen molar-refractivity contribution in [2.24, 2.45) is 0 Å². The topological polar surface area (TPSA) is 116 Å². The zero-order chi connectivity index (χ0) is 17.0. The second-order valence-corrected chi connectivity index (χ2v) is 5.83. The zero-order valence-electron chi connectivity index (χ0n) is 12.9. The molecule has 1 fully saturated rings. The molecule has 1 atom stereocenters. The van der Waals surface area contributed by atoms with Crippen LogP contribution >= 0.6 is 0 Å². The normalized spacial score (nSPS) is 22.1. The summed E-state index contributed by atoms with van der Waals surface area (Å²) in [7, 11) is 0. The number of hydrogen-bond acceptors (Lipinski definition) is 5. The monoisotopic (exact) mass is 323 g/mol. The van der Waals surface area contributed by atoms with E-state index < -0.39 is 18.1 Å². The zero-order valence-corrected chi connectivity index (χ0v) is 12.9.